The maximum absolute atomic E-state index is 11.9. The van der Waals surface area contributed by atoms with Crippen LogP contribution in [0.2, 0.25) is 5.02 Å². The number of rotatable bonds is 4. The zero-order valence-electron chi connectivity index (χ0n) is 19.2. The van der Waals surface area contributed by atoms with E-state index in [-0.39, 0.29) is 11.3 Å². The molecular formula is C26H25ClN6O. The van der Waals surface area contributed by atoms with Gasteiger partial charge in [-0.1, -0.05) is 18.2 Å². The van der Waals surface area contributed by atoms with E-state index in [2.05, 4.69) is 39.4 Å². The summed E-state index contributed by atoms with van der Waals surface area (Å²) in [5.41, 5.74) is 7.05. The maximum atomic E-state index is 11.9. The highest BCUT2D eigenvalue weighted by atomic mass is 35.5. The van der Waals surface area contributed by atoms with Gasteiger partial charge in [-0.3, -0.25) is 19.6 Å². The molecule has 1 N–H and O–H groups in total. The topological polar surface area (TPSA) is 79.7 Å². The first-order chi connectivity index (χ1) is 16.4. The Labute approximate surface area is 202 Å². The average Bonchev–Trinajstić information content (AvgIpc) is 3.37. The van der Waals surface area contributed by atoms with Gasteiger partial charge in [0.05, 0.1) is 17.8 Å². The largest absolute Gasteiger partial charge is 0.338 e. The van der Waals surface area contributed by atoms with E-state index in [9.17, 15) is 4.79 Å². The zero-order valence-corrected chi connectivity index (χ0v) is 19.9. The second-order valence-corrected chi connectivity index (χ2v) is 10.1. The van der Waals surface area contributed by atoms with Crippen molar-refractivity contribution < 1.29 is 4.79 Å². The molecule has 1 aliphatic heterocycles. The lowest BCUT2D eigenvalue weighted by molar-refractivity contribution is -0.149. The number of aryl methyl sites for hydroxylation is 1. The number of likely N-dealkylation sites (tertiary alicyclic amines) is 1. The van der Waals surface area contributed by atoms with E-state index in [0.717, 1.165) is 70.6 Å². The van der Waals surface area contributed by atoms with Crippen molar-refractivity contribution in [1.29, 1.82) is 0 Å². The standard InChI is InChI=1S/C26H25ClN6O/c1-4-22(34)32-13-26(14-32)10-18(11-26)33-16(3)23(25(31-33)17-7-8-28-15(2)9-17)24-19-12-29-30-21(19)6-5-20(24)27/h4-9,12,18H,1,10-11,13-14H2,2-3H3,(H,29,30). The molecule has 0 bridgehead atoms. The van der Waals surface area contributed by atoms with Crippen LogP contribution in [-0.2, 0) is 4.79 Å². The summed E-state index contributed by atoms with van der Waals surface area (Å²) >= 11 is 6.79. The number of hydrogen-bond acceptors (Lipinski definition) is 4. The van der Waals surface area contributed by atoms with Gasteiger partial charge in [0.2, 0.25) is 5.91 Å². The molecule has 1 spiro atoms. The molecule has 6 rings (SSSR count). The van der Waals surface area contributed by atoms with E-state index < -0.39 is 0 Å². The Hall–Kier alpha value is -3.45. The molecule has 0 radical (unpaired) electrons. The summed E-state index contributed by atoms with van der Waals surface area (Å²) < 4.78 is 2.17. The molecule has 0 atom stereocenters. The van der Waals surface area contributed by atoms with Gasteiger partial charge in [0.25, 0.3) is 0 Å². The summed E-state index contributed by atoms with van der Waals surface area (Å²) in [6, 6.07) is 8.21. The van der Waals surface area contributed by atoms with Crippen molar-refractivity contribution in [2.45, 2.75) is 32.7 Å². The van der Waals surface area contributed by atoms with Crippen molar-refractivity contribution in [3.05, 3.63) is 65.7 Å². The highest BCUT2D eigenvalue weighted by Gasteiger charge is 2.54. The van der Waals surface area contributed by atoms with E-state index in [0.29, 0.717) is 11.1 Å². The molecule has 1 saturated carbocycles. The minimum Gasteiger partial charge on any atom is -0.338 e. The third kappa shape index (κ3) is 3.10. The summed E-state index contributed by atoms with van der Waals surface area (Å²) in [7, 11) is 0. The molecule has 172 valence electrons. The van der Waals surface area contributed by atoms with Crippen molar-refractivity contribution in [1.82, 2.24) is 29.9 Å². The van der Waals surface area contributed by atoms with Crippen molar-refractivity contribution >= 4 is 28.4 Å². The van der Waals surface area contributed by atoms with Crippen LogP contribution in [0.15, 0.2) is 49.3 Å². The van der Waals surface area contributed by atoms with Crippen LogP contribution in [0, 0.1) is 19.3 Å². The smallest absolute Gasteiger partial charge is 0.245 e. The lowest BCUT2D eigenvalue weighted by Gasteiger charge is -2.58. The summed E-state index contributed by atoms with van der Waals surface area (Å²) in [4.78, 5) is 18.1. The summed E-state index contributed by atoms with van der Waals surface area (Å²) in [5, 5.41) is 14.1. The molecule has 4 heterocycles. The Balaban J connectivity index is 1.44. The van der Waals surface area contributed by atoms with Crippen LogP contribution in [-0.4, -0.2) is 48.9 Å². The molecule has 3 aromatic heterocycles. The van der Waals surface area contributed by atoms with E-state index in [1.165, 1.54) is 6.08 Å². The van der Waals surface area contributed by atoms with Crippen LogP contribution in [0.5, 0.6) is 0 Å². The highest BCUT2D eigenvalue weighted by molar-refractivity contribution is 6.35. The predicted octanol–water partition coefficient (Wildman–Crippen LogP) is 5.11. The van der Waals surface area contributed by atoms with Gasteiger partial charge in [0.1, 0.15) is 5.69 Å². The third-order valence-electron chi connectivity index (χ3n) is 7.37. The molecule has 1 saturated heterocycles. The molecule has 2 aliphatic rings. The van der Waals surface area contributed by atoms with Crippen LogP contribution in [0.3, 0.4) is 0 Å². The third-order valence-corrected chi connectivity index (χ3v) is 7.68. The molecule has 1 aliphatic carbocycles. The van der Waals surface area contributed by atoms with Crippen LogP contribution in [0.1, 0.15) is 30.3 Å². The van der Waals surface area contributed by atoms with Gasteiger partial charge in [-0.2, -0.15) is 10.2 Å². The number of nitrogens with one attached hydrogen (secondary N) is 1. The van der Waals surface area contributed by atoms with Crippen LogP contribution < -0.4 is 0 Å². The lowest BCUT2D eigenvalue weighted by atomic mass is 9.60. The first-order valence-electron chi connectivity index (χ1n) is 11.4. The number of nitrogens with zero attached hydrogens (tertiary/aromatic N) is 5. The Morgan fingerprint density at radius 1 is 1.24 bits per heavy atom. The van der Waals surface area contributed by atoms with Gasteiger partial charge in [-0.05, 0) is 57.0 Å². The number of carbonyl (C=O) groups is 1. The van der Waals surface area contributed by atoms with E-state index in [4.69, 9.17) is 16.7 Å². The monoisotopic (exact) mass is 472 g/mol. The summed E-state index contributed by atoms with van der Waals surface area (Å²) in [5.74, 6) is 0.0184. The van der Waals surface area contributed by atoms with Crippen molar-refractivity contribution in [2.24, 2.45) is 5.41 Å². The van der Waals surface area contributed by atoms with Gasteiger partial charge in [-0.25, -0.2) is 0 Å². The van der Waals surface area contributed by atoms with E-state index in [1.807, 2.05) is 42.4 Å². The van der Waals surface area contributed by atoms with Crippen molar-refractivity contribution in [3.63, 3.8) is 0 Å². The Morgan fingerprint density at radius 2 is 2.03 bits per heavy atom. The Morgan fingerprint density at radius 3 is 2.76 bits per heavy atom. The molecule has 0 unspecified atom stereocenters. The fraction of sp³-hybridized carbons (Fsp3) is 0.308. The zero-order chi connectivity index (χ0) is 23.6. The van der Waals surface area contributed by atoms with Gasteiger partial charge >= 0.3 is 0 Å². The quantitative estimate of drug-likeness (QED) is 0.418. The fourth-order valence-electron chi connectivity index (χ4n) is 5.73. The number of fused-ring (bicyclic) bond motifs is 1. The van der Waals surface area contributed by atoms with Crippen molar-refractivity contribution in [2.75, 3.05) is 13.1 Å². The van der Waals surface area contributed by atoms with Gasteiger partial charge in [-0.15, -0.1) is 0 Å². The Bertz CT molecular complexity index is 1450. The number of hydrogen-bond donors (Lipinski definition) is 1. The number of aromatic amines is 1. The molecule has 34 heavy (non-hydrogen) atoms. The fourth-order valence-corrected chi connectivity index (χ4v) is 5.99. The number of carbonyl (C=O) groups excluding carboxylic acids is 1. The van der Waals surface area contributed by atoms with Crippen LogP contribution in [0.25, 0.3) is 33.3 Å². The second-order valence-electron chi connectivity index (χ2n) is 9.65. The van der Waals surface area contributed by atoms with Crippen molar-refractivity contribution in [3.8, 4) is 22.4 Å². The Kier molecular flexibility index (Phi) is 4.68. The molecule has 1 amide bonds. The first kappa shape index (κ1) is 21.1. The number of amides is 1. The average molecular weight is 473 g/mol. The highest BCUT2D eigenvalue weighted by Crippen LogP contribution is 2.55. The summed E-state index contributed by atoms with van der Waals surface area (Å²) in [6.45, 7) is 9.32. The number of halogens is 1. The van der Waals surface area contributed by atoms with E-state index >= 15 is 0 Å². The van der Waals surface area contributed by atoms with Crippen LogP contribution in [0.4, 0.5) is 0 Å². The van der Waals surface area contributed by atoms with Gasteiger partial charge in [0.15, 0.2) is 0 Å². The molecule has 8 heteroatoms. The normalized spacial score (nSPS) is 17.1. The van der Waals surface area contributed by atoms with Gasteiger partial charge in [0, 0.05) is 63.2 Å². The summed E-state index contributed by atoms with van der Waals surface area (Å²) in [6.07, 6.45) is 7.06. The van der Waals surface area contributed by atoms with Crippen LogP contribution >= 0.6 is 11.6 Å². The second kappa shape index (κ2) is 7.53. The molecule has 7 nitrogen and oxygen atoms in total. The minimum atomic E-state index is 0.0184. The lowest BCUT2D eigenvalue weighted by Crippen LogP contribution is -2.63. The predicted molar refractivity (Wildman–Crippen MR) is 133 cm³/mol. The number of pyridine rings is 1. The first-order valence-corrected chi connectivity index (χ1v) is 11.8. The number of aromatic nitrogens is 5. The SMILES string of the molecule is C=CC(=O)N1CC2(CC(n3nc(-c4ccnc(C)c4)c(-c4c(Cl)ccc5[nH]ncc45)c3C)C2)C1. The maximum Gasteiger partial charge on any atom is 0.245 e. The van der Waals surface area contributed by atoms with Gasteiger partial charge < -0.3 is 4.90 Å². The van der Waals surface area contributed by atoms with E-state index in [1.54, 1.807) is 0 Å². The number of benzene rings is 1. The molecule has 1 aromatic carbocycles. The molecule has 4 aromatic rings. The minimum absolute atomic E-state index is 0.0184. The molecule has 2 fully saturated rings. The number of H-pyrrole nitrogens is 1. The molecular weight excluding hydrogens is 448 g/mol.